The Hall–Kier alpha value is -1.94. The van der Waals surface area contributed by atoms with Crippen molar-refractivity contribution in [1.82, 2.24) is 10.3 Å². The Bertz CT molecular complexity index is 502. The van der Waals surface area contributed by atoms with Gasteiger partial charge in [-0.3, -0.25) is 4.98 Å². The van der Waals surface area contributed by atoms with E-state index >= 15 is 0 Å². The third-order valence-corrected chi connectivity index (χ3v) is 2.55. The molecule has 0 aliphatic rings. The first-order valence-corrected chi connectivity index (χ1v) is 5.75. The van der Waals surface area contributed by atoms with Crippen LogP contribution >= 0.6 is 0 Å². The first-order chi connectivity index (χ1) is 8.81. The minimum atomic E-state index is -0.336. The van der Waals surface area contributed by atoms with Gasteiger partial charge in [0.25, 0.3) is 0 Å². The molecule has 0 radical (unpaired) electrons. The molecule has 0 aliphatic heterocycles. The normalized spacial score (nSPS) is 10.3. The largest absolute Gasteiger partial charge is 0.485 e. The van der Waals surface area contributed by atoms with Gasteiger partial charge >= 0.3 is 0 Å². The molecule has 2 rings (SSSR count). The average Bonchev–Trinajstić information content (AvgIpc) is 2.40. The van der Waals surface area contributed by atoms with E-state index in [1.165, 1.54) is 6.07 Å². The van der Waals surface area contributed by atoms with E-state index < -0.39 is 0 Å². The summed E-state index contributed by atoms with van der Waals surface area (Å²) in [5.41, 5.74) is 1.77. The summed E-state index contributed by atoms with van der Waals surface area (Å²) in [6.07, 6.45) is 3.38. The molecule has 0 fully saturated rings. The van der Waals surface area contributed by atoms with E-state index in [9.17, 15) is 4.39 Å². The fraction of sp³-hybridized carbons (Fsp3) is 0.214. The summed E-state index contributed by atoms with van der Waals surface area (Å²) in [4.78, 5) is 3.93. The van der Waals surface area contributed by atoms with E-state index in [4.69, 9.17) is 4.74 Å². The molecule has 0 saturated carbocycles. The summed E-state index contributed by atoms with van der Waals surface area (Å²) < 4.78 is 19.3. The molecule has 0 bridgehead atoms. The SMILES string of the molecule is CNCc1cccc(F)c1OCc1ccncc1. The highest BCUT2D eigenvalue weighted by Gasteiger charge is 2.09. The Kier molecular flexibility index (Phi) is 4.25. The second kappa shape index (κ2) is 6.12. The number of pyridine rings is 1. The summed E-state index contributed by atoms with van der Waals surface area (Å²) in [6, 6.07) is 8.63. The van der Waals surface area contributed by atoms with Gasteiger partial charge in [-0.1, -0.05) is 12.1 Å². The fourth-order valence-electron chi connectivity index (χ4n) is 1.68. The monoisotopic (exact) mass is 246 g/mol. The Morgan fingerprint density at radius 1 is 1.22 bits per heavy atom. The second-order valence-corrected chi connectivity index (χ2v) is 3.90. The van der Waals surface area contributed by atoms with Crippen molar-refractivity contribution in [3.8, 4) is 5.75 Å². The van der Waals surface area contributed by atoms with Gasteiger partial charge in [-0.15, -0.1) is 0 Å². The van der Waals surface area contributed by atoms with Crippen molar-refractivity contribution in [2.24, 2.45) is 0 Å². The lowest BCUT2D eigenvalue weighted by Crippen LogP contribution is -2.08. The van der Waals surface area contributed by atoms with E-state index in [-0.39, 0.29) is 5.82 Å². The van der Waals surface area contributed by atoms with Crippen LogP contribution in [0.5, 0.6) is 5.75 Å². The number of aromatic nitrogens is 1. The van der Waals surface area contributed by atoms with E-state index in [0.29, 0.717) is 18.9 Å². The van der Waals surface area contributed by atoms with Crippen molar-refractivity contribution in [1.29, 1.82) is 0 Å². The first kappa shape index (κ1) is 12.5. The Morgan fingerprint density at radius 2 is 2.00 bits per heavy atom. The fourth-order valence-corrected chi connectivity index (χ4v) is 1.68. The Morgan fingerprint density at radius 3 is 2.72 bits per heavy atom. The van der Waals surface area contributed by atoms with Crippen molar-refractivity contribution in [3.63, 3.8) is 0 Å². The zero-order valence-corrected chi connectivity index (χ0v) is 10.2. The molecular formula is C14H15FN2O. The lowest BCUT2D eigenvalue weighted by Gasteiger charge is -2.12. The molecule has 2 aromatic rings. The number of halogens is 1. The number of hydrogen-bond acceptors (Lipinski definition) is 3. The molecule has 1 aromatic carbocycles. The number of hydrogen-bond donors (Lipinski definition) is 1. The molecule has 1 aromatic heterocycles. The summed E-state index contributed by atoms with van der Waals surface area (Å²) in [6.45, 7) is 0.906. The van der Waals surface area contributed by atoms with Gasteiger partial charge in [0.2, 0.25) is 0 Å². The lowest BCUT2D eigenvalue weighted by molar-refractivity contribution is 0.286. The predicted molar refractivity (Wildman–Crippen MR) is 67.7 cm³/mol. The zero-order valence-electron chi connectivity index (χ0n) is 10.2. The van der Waals surface area contributed by atoms with Gasteiger partial charge in [0.15, 0.2) is 11.6 Å². The molecule has 0 atom stereocenters. The maximum absolute atomic E-state index is 13.7. The van der Waals surface area contributed by atoms with Crippen molar-refractivity contribution < 1.29 is 9.13 Å². The number of rotatable bonds is 5. The third kappa shape index (κ3) is 3.05. The molecule has 1 heterocycles. The first-order valence-electron chi connectivity index (χ1n) is 5.75. The van der Waals surface area contributed by atoms with Crippen LogP contribution in [0.25, 0.3) is 0 Å². The van der Waals surface area contributed by atoms with Crippen LogP contribution in [0.4, 0.5) is 4.39 Å². The standard InChI is InChI=1S/C14H15FN2O/c1-16-9-12-3-2-4-13(15)14(12)18-10-11-5-7-17-8-6-11/h2-8,16H,9-10H2,1H3. The molecule has 94 valence electrons. The zero-order chi connectivity index (χ0) is 12.8. The van der Waals surface area contributed by atoms with Gasteiger partial charge in [-0.25, -0.2) is 4.39 Å². The molecule has 0 amide bonds. The highest BCUT2D eigenvalue weighted by atomic mass is 19.1. The van der Waals surface area contributed by atoms with Crippen LogP contribution in [0, 0.1) is 5.82 Å². The Labute approximate surface area is 106 Å². The van der Waals surface area contributed by atoms with E-state index in [0.717, 1.165) is 11.1 Å². The van der Waals surface area contributed by atoms with Crippen LogP contribution in [0.1, 0.15) is 11.1 Å². The third-order valence-electron chi connectivity index (χ3n) is 2.55. The molecule has 1 N–H and O–H groups in total. The quantitative estimate of drug-likeness (QED) is 0.880. The Balaban J connectivity index is 2.13. The van der Waals surface area contributed by atoms with Crippen LogP contribution < -0.4 is 10.1 Å². The number of nitrogens with zero attached hydrogens (tertiary/aromatic N) is 1. The summed E-state index contributed by atoms with van der Waals surface area (Å²) in [5.74, 6) is -0.0273. The van der Waals surface area contributed by atoms with Crippen LogP contribution in [0.3, 0.4) is 0 Å². The van der Waals surface area contributed by atoms with Gasteiger partial charge in [-0.2, -0.15) is 0 Å². The summed E-state index contributed by atoms with van der Waals surface area (Å²) >= 11 is 0. The van der Waals surface area contributed by atoms with Gasteiger partial charge in [0.1, 0.15) is 6.61 Å². The summed E-state index contributed by atoms with van der Waals surface area (Å²) in [5, 5.41) is 2.99. The number of benzene rings is 1. The van der Waals surface area contributed by atoms with Crippen molar-refractivity contribution in [3.05, 3.63) is 59.7 Å². The molecular weight excluding hydrogens is 231 g/mol. The minimum Gasteiger partial charge on any atom is -0.485 e. The van der Waals surface area contributed by atoms with Gasteiger partial charge in [0.05, 0.1) is 0 Å². The van der Waals surface area contributed by atoms with E-state index in [2.05, 4.69) is 10.3 Å². The van der Waals surface area contributed by atoms with Crippen LogP contribution in [0.15, 0.2) is 42.7 Å². The maximum Gasteiger partial charge on any atom is 0.165 e. The minimum absolute atomic E-state index is 0.309. The molecule has 18 heavy (non-hydrogen) atoms. The van der Waals surface area contributed by atoms with Crippen LogP contribution in [0.2, 0.25) is 0 Å². The van der Waals surface area contributed by atoms with Gasteiger partial charge < -0.3 is 10.1 Å². The highest BCUT2D eigenvalue weighted by molar-refractivity contribution is 5.35. The molecule has 0 saturated heterocycles. The molecule has 0 spiro atoms. The van der Waals surface area contributed by atoms with Crippen LogP contribution in [-0.2, 0) is 13.2 Å². The second-order valence-electron chi connectivity index (χ2n) is 3.90. The highest BCUT2D eigenvalue weighted by Crippen LogP contribution is 2.23. The molecule has 0 aliphatic carbocycles. The van der Waals surface area contributed by atoms with Crippen molar-refractivity contribution in [2.75, 3.05) is 7.05 Å². The molecule has 0 unspecified atom stereocenters. The summed E-state index contributed by atoms with van der Waals surface area (Å²) in [7, 11) is 1.82. The average molecular weight is 246 g/mol. The van der Waals surface area contributed by atoms with Crippen molar-refractivity contribution in [2.45, 2.75) is 13.2 Å². The number of para-hydroxylation sites is 1. The van der Waals surface area contributed by atoms with E-state index in [1.54, 1.807) is 18.5 Å². The van der Waals surface area contributed by atoms with Crippen LogP contribution in [-0.4, -0.2) is 12.0 Å². The maximum atomic E-state index is 13.7. The number of ether oxygens (including phenoxy) is 1. The van der Waals surface area contributed by atoms with Gasteiger partial charge in [-0.05, 0) is 30.8 Å². The molecule has 4 heteroatoms. The molecule has 3 nitrogen and oxygen atoms in total. The smallest absolute Gasteiger partial charge is 0.165 e. The van der Waals surface area contributed by atoms with Crippen molar-refractivity contribution >= 4 is 0 Å². The predicted octanol–water partition coefficient (Wildman–Crippen LogP) is 2.52. The van der Waals surface area contributed by atoms with E-state index in [1.807, 2.05) is 25.2 Å². The topological polar surface area (TPSA) is 34.1 Å². The number of nitrogens with one attached hydrogen (secondary N) is 1. The van der Waals surface area contributed by atoms with Gasteiger partial charge in [0, 0.05) is 24.5 Å². The lowest BCUT2D eigenvalue weighted by atomic mass is 10.2.